The third-order valence-electron chi connectivity index (χ3n) is 5.45. The number of hydrazone groups is 1. The van der Waals surface area contributed by atoms with E-state index in [9.17, 15) is 14.7 Å². The van der Waals surface area contributed by atoms with Gasteiger partial charge in [-0.15, -0.1) is 22.7 Å². The standard InChI is InChI=1S/C20H23N3O4S2/c1-27-19(25)20(26)6-8-22(9-7-20)13-18(24)23-15(17-5-3-11-29-17)12-14(21-23)16-4-2-10-28-16/h2-5,10-11,15,26H,6-9,12-13H2,1H3/t15-/m0/s1. The van der Waals surface area contributed by atoms with Crippen LogP contribution in [0.1, 0.15) is 35.1 Å². The summed E-state index contributed by atoms with van der Waals surface area (Å²) >= 11 is 3.26. The van der Waals surface area contributed by atoms with E-state index in [4.69, 9.17) is 4.74 Å². The van der Waals surface area contributed by atoms with Gasteiger partial charge in [0.05, 0.1) is 30.3 Å². The molecule has 2 aromatic heterocycles. The van der Waals surface area contributed by atoms with E-state index in [2.05, 4.69) is 5.10 Å². The minimum Gasteiger partial charge on any atom is -0.467 e. The number of piperidine rings is 1. The molecule has 7 nitrogen and oxygen atoms in total. The van der Waals surface area contributed by atoms with Crippen molar-refractivity contribution >= 4 is 40.3 Å². The number of aliphatic hydroxyl groups is 1. The fourth-order valence-corrected chi connectivity index (χ4v) is 5.31. The van der Waals surface area contributed by atoms with Crippen molar-refractivity contribution < 1.29 is 19.4 Å². The Morgan fingerprint density at radius 3 is 2.59 bits per heavy atom. The molecule has 2 aromatic rings. The van der Waals surface area contributed by atoms with Crippen LogP contribution in [0, 0.1) is 0 Å². The van der Waals surface area contributed by atoms with Crippen molar-refractivity contribution in [1.82, 2.24) is 9.91 Å². The monoisotopic (exact) mass is 433 g/mol. The van der Waals surface area contributed by atoms with Crippen LogP contribution in [0.15, 0.2) is 40.1 Å². The highest BCUT2D eigenvalue weighted by Gasteiger charge is 2.41. The lowest BCUT2D eigenvalue weighted by Crippen LogP contribution is -2.51. The molecule has 0 spiro atoms. The van der Waals surface area contributed by atoms with Gasteiger partial charge in [-0.2, -0.15) is 5.10 Å². The molecule has 1 amide bonds. The number of carbonyl (C=O) groups is 2. The lowest BCUT2D eigenvalue weighted by molar-refractivity contribution is -0.167. The van der Waals surface area contributed by atoms with Crippen molar-refractivity contribution in [3.63, 3.8) is 0 Å². The van der Waals surface area contributed by atoms with Crippen molar-refractivity contribution in [2.45, 2.75) is 30.9 Å². The summed E-state index contributed by atoms with van der Waals surface area (Å²) in [5.74, 6) is -0.676. The number of ether oxygens (including phenoxy) is 1. The number of methoxy groups -OCH3 is 1. The van der Waals surface area contributed by atoms with Crippen LogP contribution >= 0.6 is 22.7 Å². The van der Waals surface area contributed by atoms with E-state index < -0.39 is 11.6 Å². The molecule has 2 aliphatic heterocycles. The maximum Gasteiger partial charge on any atom is 0.337 e. The van der Waals surface area contributed by atoms with Crippen LogP contribution in [0.3, 0.4) is 0 Å². The molecule has 2 aliphatic rings. The van der Waals surface area contributed by atoms with E-state index in [1.807, 2.05) is 39.9 Å². The second-order valence-electron chi connectivity index (χ2n) is 7.30. The van der Waals surface area contributed by atoms with Crippen LogP contribution in [-0.4, -0.2) is 64.9 Å². The first-order valence-corrected chi connectivity index (χ1v) is 11.3. The zero-order valence-corrected chi connectivity index (χ0v) is 17.7. The third-order valence-corrected chi connectivity index (χ3v) is 7.34. The summed E-state index contributed by atoms with van der Waals surface area (Å²) < 4.78 is 4.69. The number of hydrogen-bond donors (Lipinski definition) is 1. The molecule has 0 bridgehead atoms. The van der Waals surface area contributed by atoms with Crippen molar-refractivity contribution in [3.05, 3.63) is 44.8 Å². The van der Waals surface area contributed by atoms with E-state index >= 15 is 0 Å². The molecule has 0 unspecified atom stereocenters. The van der Waals surface area contributed by atoms with Crippen LogP contribution in [-0.2, 0) is 14.3 Å². The maximum absolute atomic E-state index is 13.1. The average molecular weight is 434 g/mol. The van der Waals surface area contributed by atoms with E-state index in [0.29, 0.717) is 19.5 Å². The molecule has 4 rings (SSSR count). The number of rotatable bonds is 5. The Morgan fingerprint density at radius 2 is 1.97 bits per heavy atom. The smallest absolute Gasteiger partial charge is 0.337 e. The van der Waals surface area contributed by atoms with Gasteiger partial charge in [0.1, 0.15) is 0 Å². The van der Waals surface area contributed by atoms with Crippen molar-refractivity contribution in [1.29, 1.82) is 0 Å². The first-order chi connectivity index (χ1) is 14.0. The Balaban J connectivity index is 1.45. The highest BCUT2D eigenvalue weighted by Crippen LogP contribution is 2.36. The first-order valence-electron chi connectivity index (χ1n) is 9.50. The summed E-state index contributed by atoms with van der Waals surface area (Å²) in [6, 6.07) is 7.96. The van der Waals surface area contributed by atoms with Crippen LogP contribution in [0.5, 0.6) is 0 Å². The van der Waals surface area contributed by atoms with Crippen LogP contribution in [0.25, 0.3) is 0 Å². The fraction of sp³-hybridized carbons (Fsp3) is 0.450. The van der Waals surface area contributed by atoms with Crippen LogP contribution in [0.2, 0.25) is 0 Å². The molecule has 9 heteroatoms. The van der Waals surface area contributed by atoms with E-state index in [-0.39, 0.29) is 31.3 Å². The molecule has 0 aromatic carbocycles. The number of thiophene rings is 2. The van der Waals surface area contributed by atoms with Crippen molar-refractivity contribution in [3.8, 4) is 0 Å². The molecular weight excluding hydrogens is 410 g/mol. The maximum atomic E-state index is 13.1. The summed E-state index contributed by atoms with van der Waals surface area (Å²) in [6.07, 6.45) is 1.21. The quantitative estimate of drug-likeness (QED) is 0.733. The zero-order chi connectivity index (χ0) is 20.4. The molecule has 1 N–H and O–H groups in total. The van der Waals surface area contributed by atoms with Gasteiger partial charge in [-0.3, -0.25) is 9.69 Å². The summed E-state index contributed by atoms with van der Waals surface area (Å²) in [5, 5.41) is 20.7. The van der Waals surface area contributed by atoms with Crippen molar-refractivity contribution in [2.24, 2.45) is 5.10 Å². The Morgan fingerprint density at radius 1 is 1.24 bits per heavy atom. The molecule has 0 aliphatic carbocycles. The van der Waals surface area contributed by atoms with Gasteiger partial charge in [0, 0.05) is 24.4 Å². The second kappa shape index (κ2) is 8.35. The second-order valence-corrected chi connectivity index (χ2v) is 9.22. The van der Waals surface area contributed by atoms with Gasteiger partial charge in [0.2, 0.25) is 0 Å². The van der Waals surface area contributed by atoms with E-state index in [0.717, 1.165) is 15.5 Å². The Bertz CT molecular complexity index is 887. The Hall–Kier alpha value is -2.07. The summed E-state index contributed by atoms with van der Waals surface area (Å²) in [7, 11) is 1.28. The average Bonchev–Trinajstić information content (AvgIpc) is 3.49. The van der Waals surface area contributed by atoms with Crippen LogP contribution < -0.4 is 0 Å². The largest absolute Gasteiger partial charge is 0.467 e. The predicted octanol–water partition coefficient (Wildman–Crippen LogP) is 2.49. The van der Waals surface area contributed by atoms with Gasteiger partial charge < -0.3 is 9.84 Å². The summed E-state index contributed by atoms with van der Waals surface area (Å²) in [6.45, 7) is 1.12. The lowest BCUT2D eigenvalue weighted by atomic mass is 9.91. The summed E-state index contributed by atoms with van der Waals surface area (Å²) in [5.41, 5.74) is -0.517. The first kappa shape index (κ1) is 20.2. The number of carbonyl (C=O) groups excluding carboxylic acids is 2. The fourth-order valence-electron chi connectivity index (χ4n) is 3.77. The van der Waals surface area contributed by atoms with Crippen molar-refractivity contribution in [2.75, 3.05) is 26.7 Å². The minimum atomic E-state index is -1.45. The Labute approximate surface area is 177 Å². The number of likely N-dealkylation sites (tertiary alicyclic amines) is 1. The van der Waals surface area contributed by atoms with Gasteiger partial charge in [0.15, 0.2) is 5.60 Å². The molecule has 29 heavy (non-hydrogen) atoms. The van der Waals surface area contributed by atoms with E-state index in [1.165, 1.54) is 7.11 Å². The van der Waals surface area contributed by atoms with Gasteiger partial charge >= 0.3 is 5.97 Å². The highest BCUT2D eigenvalue weighted by atomic mass is 32.1. The lowest BCUT2D eigenvalue weighted by Gasteiger charge is -2.36. The molecule has 154 valence electrons. The molecule has 4 heterocycles. The van der Waals surface area contributed by atoms with Gasteiger partial charge in [-0.05, 0) is 35.7 Å². The molecule has 1 atom stereocenters. The van der Waals surface area contributed by atoms with Gasteiger partial charge in [-0.1, -0.05) is 12.1 Å². The SMILES string of the molecule is COC(=O)C1(O)CCN(CC(=O)N2N=C(c3cccs3)C[C@H]2c2cccs2)CC1. The highest BCUT2D eigenvalue weighted by molar-refractivity contribution is 7.12. The van der Waals surface area contributed by atoms with Crippen LogP contribution in [0.4, 0.5) is 0 Å². The van der Waals surface area contributed by atoms with E-state index in [1.54, 1.807) is 27.7 Å². The summed E-state index contributed by atoms with van der Waals surface area (Å²) in [4.78, 5) is 29.1. The number of esters is 1. The normalized spacial score (nSPS) is 21.8. The third kappa shape index (κ3) is 4.13. The van der Waals surface area contributed by atoms with Gasteiger partial charge in [-0.25, -0.2) is 9.80 Å². The van der Waals surface area contributed by atoms with Gasteiger partial charge in [0.25, 0.3) is 5.91 Å². The number of nitrogens with zero attached hydrogens (tertiary/aromatic N) is 3. The number of amides is 1. The zero-order valence-electron chi connectivity index (χ0n) is 16.1. The molecule has 1 saturated heterocycles. The minimum absolute atomic E-state index is 0.0709. The molecular formula is C20H23N3O4S2. The topological polar surface area (TPSA) is 82.4 Å². The molecule has 1 fully saturated rings. The predicted molar refractivity (Wildman–Crippen MR) is 112 cm³/mol. The number of hydrogen-bond acceptors (Lipinski definition) is 8. The Kier molecular flexibility index (Phi) is 5.82. The molecule has 0 radical (unpaired) electrons. The molecule has 0 saturated carbocycles.